The summed E-state index contributed by atoms with van der Waals surface area (Å²) in [6, 6.07) is 0. The van der Waals surface area contributed by atoms with Crippen LogP contribution in [-0.2, 0) is 4.79 Å². The number of hydrogen-bond donors (Lipinski definition) is 1. The van der Waals surface area contributed by atoms with Gasteiger partial charge in [-0.2, -0.15) is 0 Å². The minimum Gasteiger partial charge on any atom is 1.00 e. The van der Waals surface area contributed by atoms with Crippen molar-refractivity contribution < 1.29 is 44.6 Å². The molecule has 0 aromatic carbocycles. The molecule has 0 rings (SSSR count). The Labute approximate surface area is 88.6 Å². The average Bonchev–Trinajstić information content (AvgIpc) is 1.82. The van der Waals surface area contributed by atoms with Gasteiger partial charge in [-0.15, -0.1) is 0 Å². The van der Waals surface area contributed by atoms with E-state index in [9.17, 15) is 9.90 Å². The Morgan fingerprint density at radius 2 is 2.30 bits per heavy atom. The SMILES string of the molecule is C[Se]CCC(O)C(=O)[O-].[Na+]. The third-order valence-corrected chi connectivity index (χ3v) is 2.22. The second kappa shape index (κ2) is 8.05. The van der Waals surface area contributed by atoms with E-state index in [1.807, 2.05) is 5.82 Å². The summed E-state index contributed by atoms with van der Waals surface area (Å²) in [6.45, 7) is 0. The fourth-order valence-electron chi connectivity index (χ4n) is 0.347. The molecule has 10 heavy (non-hydrogen) atoms. The maximum absolute atomic E-state index is 9.85. The molecule has 54 valence electrons. The Hall–Kier alpha value is 0.949. The van der Waals surface area contributed by atoms with Crippen molar-refractivity contribution in [3.63, 3.8) is 0 Å². The summed E-state index contributed by atoms with van der Waals surface area (Å²) in [5.74, 6) is 0.633. The van der Waals surface area contributed by atoms with Crippen molar-refractivity contribution in [3.05, 3.63) is 0 Å². The predicted octanol–water partition coefficient (Wildman–Crippen LogP) is -4.34. The van der Waals surface area contributed by atoms with Crippen molar-refractivity contribution in [1.82, 2.24) is 0 Å². The van der Waals surface area contributed by atoms with Crippen molar-refractivity contribution in [3.8, 4) is 0 Å². The second-order valence-electron chi connectivity index (χ2n) is 1.62. The zero-order chi connectivity index (χ0) is 7.28. The Balaban J connectivity index is 0. The number of rotatable bonds is 4. The van der Waals surface area contributed by atoms with E-state index in [-0.39, 0.29) is 29.6 Å². The second-order valence-corrected chi connectivity index (χ2v) is 3.68. The van der Waals surface area contributed by atoms with Gasteiger partial charge in [0, 0.05) is 0 Å². The first-order chi connectivity index (χ1) is 4.18. The van der Waals surface area contributed by atoms with Gasteiger partial charge in [0.25, 0.3) is 0 Å². The first kappa shape index (κ1) is 13.5. The molecule has 0 fully saturated rings. The minimum absolute atomic E-state index is 0. The smallest absolute Gasteiger partial charge is 1.00 e. The number of aliphatic hydroxyl groups excluding tert-OH is 1. The van der Waals surface area contributed by atoms with Crippen LogP contribution in [0.5, 0.6) is 0 Å². The summed E-state index contributed by atoms with van der Waals surface area (Å²) in [5, 5.41) is 19.3. The number of aliphatic hydroxyl groups is 1. The average molecular weight is 219 g/mol. The molecule has 1 unspecified atom stereocenters. The van der Waals surface area contributed by atoms with Gasteiger partial charge in [0.2, 0.25) is 0 Å². The van der Waals surface area contributed by atoms with Gasteiger partial charge in [-0.25, -0.2) is 0 Å². The molecule has 1 N–H and O–H groups in total. The summed E-state index contributed by atoms with van der Waals surface area (Å²) >= 11 is 0.441. The molecule has 3 nitrogen and oxygen atoms in total. The number of hydrogen-bond acceptors (Lipinski definition) is 3. The van der Waals surface area contributed by atoms with Crippen molar-refractivity contribution >= 4 is 20.9 Å². The maximum atomic E-state index is 9.85. The van der Waals surface area contributed by atoms with E-state index in [2.05, 4.69) is 0 Å². The van der Waals surface area contributed by atoms with Gasteiger partial charge in [0.05, 0.1) is 0 Å². The molecule has 0 radical (unpaired) electrons. The first-order valence-electron chi connectivity index (χ1n) is 2.56. The molecule has 0 bridgehead atoms. The largest absolute Gasteiger partial charge is 1.00 e. The standard InChI is InChI=1S/C5H10O3Se.Na/c1-9-3-2-4(6)5(7)8;/h4,6H,2-3H2,1H3,(H,7,8);/q;+1/p-1. The molecule has 0 spiro atoms. The van der Waals surface area contributed by atoms with Gasteiger partial charge in [0.15, 0.2) is 0 Å². The molecule has 0 saturated heterocycles. The van der Waals surface area contributed by atoms with E-state index in [1.54, 1.807) is 0 Å². The van der Waals surface area contributed by atoms with Crippen LogP contribution < -0.4 is 34.7 Å². The molecular formula is C5H9NaO3Se. The Bertz CT molecular complexity index is 98.9. The molecular weight excluding hydrogens is 210 g/mol. The van der Waals surface area contributed by atoms with Crippen molar-refractivity contribution in [1.29, 1.82) is 0 Å². The van der Waals surface area contributed by atoms with Gasteiger partial charge in [-0.3, -0.25) is 0 Å². The summed E-state index contributed by atoms with van der Waals surface area (Å²) in [6.07, 6.45) is -0.925. The van der Waals surface area contributed by atoms with E-state index in [0.717, 1.165) is 5.32 Å². The van der Waals surface area contributed by atoms with Crippen molar-refractivity contribution in [2.75, 3.05) is 0 Å². The quantitative estimate of drug-likeness (QED) is 0.486. The molecule has 0 aromatic rings. The van der Waals surface area contributed by atoms with Gasteiger partial charge >= 0.3 is 89.2 Å². The molecule has 5 heteroatoms. The third-order valence-electron chi connectivity index (χ3n) is 0.867. The third kappa shape index (κ3) is 7.06. The van der Waals surface area contributed by atoms with Crippen LogP contribution in [-0.4, -0.2) is 32.1 Å². The van der Waals surface area contributed by atoms with E-state index < -0.39 is 12.1 Å². The van der Waals surface area contributed by atoms with Crippen molar-refractivity contribution in [2.45, 2.75) is 23.7 Å². The minimum atomic E-state index is -1.36. The van der Waals surface area contributed by atoms with Crippen LogP contribution in [0.3, 0.4) is 0 Å². The fourth-order valence-corrected chi connectivity index (χ4v) is 1.31. The normalized spacial score (nSPS) is 11.8. The maximum Gasteiger partial charge on any atom is 1.00 e. The van der Waals surface area contributed by atoms with Gasteiger partial charge in [-0.1, -0.05) is 0 Å². The Kier molecular flexibility index (Phi) is 10.9. The van der Waals surface area contributed by atoms with Gasteiger partial charge in [-0.05, 0) is 0 Å². The number of carbonyl (C=O) groups is 1. The summed E-state index contributed by atoms with van der Waals surface area (Å²) in [7, 11) is 0. The zero-order valence-corrected chi connectivity index (χ0v) is 9.88. The molecule has 0 aromatic heterocycles. The number of carbonyl (C=O) groups excluding carboxylic acids is 1. The van der Waals surface area contributed by atoms with E-state index >= 15 is 0 Å². The van der Waals surface area contributed by atoms with Crippen LogP contribution in [0.15, 0.2) is 0 Å². The molecule has 1 atom stereocenters. The summed E-state index contributed by atoms with van der Waals surface area (Å²) in [5.41, 5.74) is 0. The molecule has 0 aliphatic carbocycles. The van der Waals surface area contributed by atoms with Crippen LogP contribution in [0.4, 0.5) is 0 Å². The monoisotopic (exact) mass is 220 g/mol. The van der Waals surface area contributed by atoms with Crippen LogP contribution >= 0.6 is 0 Å². The van der Waals surface area contributed by atoms with Crippen molar-refractivity contribution in [2.24, 2.45) is 0 Å². The molecule has 0 saturated carbocycles. The number of carboxylic acids is 1. The molecule has 0 heterocycles. The molecule has 0 aliphatic rings. The summed E-state index contributed by atoms with van der Waals surface area (Å²) < 4.78 is 0. The fraction of sp³-hybridized carbons (Fsp3) is 0.800. The van der Waals surface area contributed by atoms with Crippen LogP contribution in [0.2, 0.25) is 11.1 Å². The van der Waals surface area contributed by atoms with E-state index in [4.69, 9.17) is 5.11 Å². The van der Waals surface area contributed by atoms with Crippen LogP contribution in [0, 0.1) is 0 Å². The van der Waals surface area contributed by atoms with Gasteiger partial charge < -0.3 is 0 Å². The zero-order valence-electron chi connectivity index (χ0n) is 6.16. The van der Waals surface area contributed by atoms with E-state index in [1.165, 1.54) is 0 Å². The first-order valence-corrected chi connectivity index (χ1v) is 5.48. The molecule has 0 amide bonds. The van der Waals surface area contributed by atoms with Gasteiger partial charge in [0.1, 0.15) is 0 Å². The van der Waals surface area contributed by atoms with Crippen LogP contribution in [0.25, 0.3) is 0 Å². The van der Waals surface area contributed by atoms with Crippen LogP contribution in [0.1, 0.15) is 6.42 Å². The number of aliphatic carboxylic acids is 1. The Morgan fingerprint density at radius 3 is 2.60 bits per heavy atom. The molecule has 0 aliphatic heterocycles. The summed E-state index contributed by atoms with van der Waals surface area (Å²) in [4.78, 5) is 9.85. The predicted molar refractivity (Wildman–Crippen MR) is 32.1 cm³/mol. The topological polar surface area (TPSA) is 60.4 Å². The van der Waals surface area contributed by atoms with E-state index in [0.29, 0.717) is 21.4 Å². The number of carboxylic acid groups (broad SMARTS) is 1. The Morgan fingerprint density at radius 1 is 1.80 bits per heavy atom.